The summed E-state index contributed by atoms with van der Waals surface area (Å²) in [6.45, 7) is 1.65. The molecule has 1 atom stereocenters. The van der Waals surface area contributed by atoms with Crippen molar-refractivity contribution in [2.24, 2.45) is 7.05 Å². The molecule has 0 spiro atoms. The van der Waals surface area contributed by atoms with Gasteiger partial charge in [0.1, 0.15) is 5.69 Å². The smallest absolute Gasteiger partial charge is 0.268 e. The summed E-state index contributed by atoms with van der Waals surface area (Å²) in [5.74, 6) is -0.231. The van der Waals surface area contributed by atoms with Gasteiger partial charge in [-0.25, -0.2) is 0 Å². The summed E-state index contributed by atoms with van der Waals surface area (Å²) in [6.07, 6.45) is 1.67. The number of hydrogen-bond acceptors (Lipinski definition) is 3. The minimum atomic E-state index is -0.251. The molecule has 1 rings (SSSR count). The minimum absolute atomic E-state index is 0.0777. The normalized spacial score (nSPS) is 12.5. The number of aliphatic hydroxyl groups is 1. The third kappa shape index (κ3) is 2.26. The largest absolute Gasteiger partial charge is 0.397 e. The molecular formula is C9H15N3O2. The van der Waals surface area contributed by atoms with E-state index in [9.17, 15) is 4.79 Å². The van der Waals surface area contributed by atoms with Crippen LogP contribution in [0.5, 0.6) is 0 Å². The number of nitrogens with two attached hydrogens (primary N) is 1. The van der Waals surface area contributed by atoms with E-state index in [1.807, 2.05) is 0 Å². The molecule has 1 aromatic heterocycles. The average Bonchev–Trinajstić information content (AvgIpc) is 2.45. The maximum Gasteiger partial charge on any atom is 0.268 e. The van der Waals surface area contributed by atoms with Crippen LogP contribution >= 0.6 is 0 Å². The predicted molar refractivity (Wildman–Crippen MR) is 53.8 cm³/mol. The Hall–Kier alpha value is -1.49. The fraction of sp³-hybridized carbons (Fsp3) is 0.444. The van der Waals surface area contributed by atoms with Crippen molar-refractivity contribution in [1.29, 1.82) is 0 Å². The van der Waals surface area contributed by atoms with Crippen LogP contribution in [0.1, 0.15) is 17.4 Å². The van der Waals surface area contributed by atoms with E-state index in [2.05, 4.69) is 5.32 Å². The zero-order valence-electron chi connectivity index (χ0n) is 8.32. The van der Waals surface area contributed by atoms with Gasteiger partial charge in [-0.1, -0.05) is 0 Å². The standard InChI is InChI=1S/C9H15N3O2/c1-6(5-13)11-9(14)8-3-7(10)4-12(8)2/h3-4,6,13H,5,10H2,1-2H3,(H,11,14). The Labute approximate surface area is 82.5 Å². The second-order valence-corrected chi connectivity index (χ2v) is 3.33. The number of amides is 1. The zero-order valence-corrected chi connectivity index (χ0v) is 8.32. The third-order valence-corrected chi connectivity index (χ3v) is 1.91. The molecular weight excluding hydrogens is 182 g/mol. The number of carbonyl (C=O) groups excluding carboxylic acids is 1. The van der Waals surface area contributed by atoms with E-state index >= 15 is 0 Å². The van der Waals surface area contributed by atoms with Gasteiger partial charge in [0, 0.05) is 19.3 Å². The molecule has 0 saturated heterocycles. The topological polar surface area (TPSA) is 80.3 Å². The highest BCUT2D eigenvalue weighted by Gasteiger charge is 2.12. The van der Waals surface area contributed by atoms with Crippen LogP contribution in [0.2, 0.25) is 0 Å². The molecule has 14 heavy (non-hydrogen) atoms. The lowest BCUT2D eigenvalue weighted by Gasteiger charge is -2.10. The molecule has 0 bridgehead atoms. The summed E-state index contributed by atoms with van der Waals surface area (Å²) < 4.78 is 1.65. The number of nitrogens with zero attached hydrogens (tertiary/aromatic N) is 1. The molecule has 0 fully saturated rings. The molecule has 0 radical (unpaired) electrons. The summed E-state index contributed by atoms with van der Waals surface area (Å²) >= 11 is 0. The Morgan fingerprint density at radius 3 is 2.86 bits per heavy atom. The minimum Gasteiger partial charge on any atom is -0.397 e. The molecule has 0 aliphatic rings. The highest BCUT2D eigenvalue weighted by atomic mass is 16.3. The number of anilines is 1. The number of carbonyl (C=O) groups is 1. The number of hydrogen-bond donors (Lipinski definition) is 3. The van der Waals surface area contributed by atoms with Gasteiger partial charge in [0.15, 0.2) is 0 Å². The predicted octanol–water partition coefficient (Wildman–Crippen LogP) is -0.282. The lowest BCUT2D eigenvalue weighted by Crippen LogP contribution is -2.35. The highest BCUT2D eigenvalue weighted by Crippen LogP contribution is 2.08. The van der Waals surface area contributed by atoms with E-state index in [0.717, 1.165) is 0 Å². The van der Waals surface area contributed by atoms with E-state index in [-0.39, 0.29) is 18.6 Å². The van der Waals surface area contributed by atoms with Crippen LogP contribution in [-0.4, -0.2) is 28.2 Å². The van der Waals surface area contributed by atoms with Gasteiger partial charge in [0.05, 0.1) is 12.3 Å². The molecule has 1 unspecified atom stereocenters. The van der Waals surface area contributed by atoms with E-state index in [1.54, 1.807) is 30.8 Å². The van der Waals surface area contributed by atoms with Crippen molar-refractivity contribution in [2.75, 3.05) is 12.3 Å². The molecule has 0 aliphatic heterocycles. The van der Waals surface area contributed by atoms with E-state index in [4.69, 9.17) is 10.8 Å². The van der Waals surface area contributed by atoms with E-state index < -0.39 is 0 Å². The Kier molecular flexibility index (Phi) is 3.14. The SMILES string of the molecule is CC(CO)NC(=O)c1cc(N)cn1C. The highest BCUT2D eigenvalue weighted by molar-refractivity contribution is 5.93. The van der Waals surface area contributed by atoms with Gasteiger partial charge >= 0.3 is 0 Å². The molecule has 0 saturated carbocycles. The average molecular weight is 197 g/mol. The third-order valence-electron chi connectivity index (χ3n) is 1.91. The monoisotopic (exact) mass is 197 g/mol. The molecule has 78 valence electrons. The summed E-state index contributed by atoms with van der Waals surface area (Å²) in [5, 5.41) is 11.4. The van der Waals surface area contributed by atoms with Crippen LogP contribution in [0.4, 0.5) is 5.69 Å². The molecule has 0 aliphatic carbocycles. The molecule has 4 N–H and O–H groups in total. The van der Waals surface area contributed by atoms with Crippen LogP contribution in [0.3, 0.4) is 0 Å². The van der Waals surface area contributed by atoms with Gasteiger partial charge in [0.2, 0.25) is 0 Å². The molecule has 1 aromatic rings. The van der Waals surface area contributed by atoms with Crippen molar-refractivity contribution in [3.8, 4) is 0 Å². The Balaban J connectivity index is 2.74. The summed E-state index contributed by atoms with van der Waals surface area (Å²) in [4.78, 5) is 11.5. The first kappa shape index (κ1) is 10.6. The Bertz CT molecular complexity index is 333. The van der Waals surface area contributed by atoms with Gasteiger partial charge in [0.25, 0.3) is 5.91 Å². The molecule has 0 aromatic carbocycles. The summed E-state index contributed by atoms with van der Waals surface area (Å²) in [6, 6.07) is 1.35. The maximum absolute atomic E-state index is 11.5. The lowest BCUT2D eigenvalue weighted by atomic mass is 10.3. The maximum atomic E-state index is 11.5. The van der Waals surface area contributed by atoms with Crippen molar-refractivity contribution < 1.29 is 9.90 Å². The molecule has 5 nitrogen and oxygen atoms in total. The van der Waals surface area contributed by atoms with Gasteiger partial charge in [-0.15, -0.1) is 0 Å². The number of aliphatic hydroxyl groups excluding tert-OH is 1. The number of aromatic nitrogens is 1. The lowest BCUT2D eigenvalue weighted by molar-refractivity contribution is 0.0914. The van der Waals surface area contributed by atoms with Crippen molar-refractivity contribution >= 4 is 11.6 Å². The van der Waals surface area contributed by atoms with Crippen LogP contribution in [-0.2, 0) is 7.05 Å². The van der Waals surface area contributed by atoms with Crippen molar-refractivity contribution in [2.45, 2.75) is 13.0 Å². The van der Waals surface area contributed by atoms with E-state index in [0.29, 0.717) is 11.4 Å². The van der Waals surface area contributed by atoms with Crippen molar-refractivity contribution in [3.63, 3.8) is 0 Å². The van der Waals surface area contributed by atoms with Crippen LogP contribution in [0.15, 0.2) is 12.3 Å². The van der Waals surface area contributed by atoms with Gasteiger partial charge < -0.3 is 20.7 Å². The first-order valence-electron chi connectivity index (χ1n) is 4.38. The number of rotatable bonds is 3. The van der Waals surface area contributed by atoms with Gasteiger partial charge in [-0.2, -0.15) is 0 Å². The zero-order chi connectivity index (χ0) is 10.7. The molecule has 5 heteroatoms. The Morgan fingerprint density at radius 2 is 2.43 bits per heavy atom. The van der Waals surface area contributed by atoms with E-state index in [1.165, 1.54) is 0 Å². The van der Waals surface area contributed by atoms with Crippen molar-refractivity contribution in [1.82, 2.24) is 9.88 Å². The van der Waals surface area contributed by atoms with Crippen LogP contribution in [0.25, 0.3) is 0 Å². The first-order chi connectivity index (χ1) is 6.54. The van der Waals surface area contributed by atoms with Crippen LogP contribution in [0, 0.1) is 0 Å². The quantitative estimate of drug-likeness (QED) is 0.623. The number of nitrogen functional groups attached to an aromatic ring is 1. The fourth-order valence-corrected chi connectivity index (χ4v) is 1.16. The first-order valence-corrected chi connectivity index (χ1v) is 4.38. The van der Waals surface area contributed by atoms with Crippen molar-refractivity contribution in [3.05, 3.63) is 18.0 Å². The van der Waals surface area contributed by atoms with Gasteiger partial charge in [-0.05, 0) is 13.0 Å². The summed E-state index contributed by atoms with van der Waals surface area (Å²) in [7, 11) is 1.74. The Morgan fingerprint density at radius 1 is 1.79 bits per heavy atom. The molecule has 1 heterocycles. The number of aryl methyl sites for hydroxylation is 1. The fourth-order valence-electron chi connectivity index (χ4n) is 1.16. The second kappa shape index (κ2) is 4.15. The molecule has 1 amide bonds. The second-order valence-electron chi connectivity index (χ2n) is 3.33. The number of nitrogens with one attached hydrogen (secondary N) is 1. The summed E-state index contributed by atoms with van der Waals surface area (Å²) in [5.41, 5.74) is 6.57. The van der Waals surface area contributed by atoms with Gasteiger partial charge in [-0.3, -0.25) is 4.79 Å². The van der Waals surface area contributed by atoms with Crippen LogP contribution < -0.4 is 11.1 Å².